The van der Waals surface area contributed by atoms with E-state index in [-0.39, 0.29) is 6.04 Å². The molecule has 1 aromatic carbocycles. The number of aliphatic hydroxyl groups excluding tert-OH is 1. The van der Waals surface area contributed by atoms with Crippen LogP contribution in [0, 0.1) is 0 Å². The first-order valence-corrected chi connectivity index (χ1v) is 7.16. The van der Waals surface area contributed by atoms with Crippen LogP contribution in [0.5, 0.6) is 0 Å². The second-order valence-corrected chi connectivity index (χ2v) is 5.61. The molecule has 1 heterocycles. The highest BCUT2D eigenvalue weighted by Gasteiger charge is 2.38. The number of halogens is 3. The minimum Gasteiger partial charge on any atom is -0.382 e. The van der Waals surface area contributed by atoms with Gasteiger partial charge in [-0.2, -0.15) is 13.2 Å². The fourth-order valence-electron chi connectivity index (χ4n) is 2.41. The van der Waals surface area contributed by atoms with Crippen molar-refractivity contribution in [2.45, 2.75) is 45.1 Å². The number of alkyl halides is 3. The van der Waals surface area contributed by atoms with Gasteiger partial charge in [0.05, 0.1) is 17.1 Å². The fourth-order valence-corrected chi connectivity index (χ4v) is 2.41. The largest absolute Gasteiger partial charge is 0.415 e. The zero-order valence-electron chi connectivity index (χ0n) is 12.7. The zero-order chi connectivity index (χ0) is 16.5. The highest BCUT2D eigenvalue weighted by atomic mass is 19.4. The molecule has 0 spiro atoms. The van der Waals surface area contributed by atoms with Crippen LogP contribution in [0.4, 0.5) is 13.2 Å². The van der Waals surface area contributed by atoms with E-state index in [1.807, 2.05) is 42.7 Å². The average molecular weight is 315 g/mol. The molecule has 0 radical (unpaired) electrons. The predicted molar refractivity (Wildman–Crippen MR) is 78.6 cm³/mol. The molecule has 7 heteroatoms. The number of aromatic nitrogens is 2. The van der Waals surface area contributed by atoms with Gasteiger partial charge >= 0.3 is 6.18 Å². The van der Waals surface area contributed by atoms with E-state index >= 15 is 0 Å². The van der Waals surface area contributed by atoms with Crippen molar-refractivity contribution in [3.8, 4) is 0 Å². The van der Waals surface area contributed by atoms with Crippen LogP contribution in [0.2, 0.25) is 0 Å². The Morgan fingerprint density at radius 3 is 2.45 bits per heavy atom. The van der Waals surface area contributed by atoms with Crippen LogP contribution >= 0.6 is 0 Å². The summed E-state index contributed by atoms with van der Waals surface area (Å²) in [5, 5.41) is 11.8. The molecule has 0 bridgehead atoms. The number of hydrogen-bond acceptors (Lipinski definition) is 3. The number of imidazole rings is 1. The second-order valence-electron chi connectivity index (χ2n) is 5.61. The maximum absolute atomic E-state index is 12.4. The van der Waals surface area contributed by atoms with Gasteiger partial charge in [0.1, 0.15) is 5.82 Å². The molecule has 4 nitrogen and oxygen atoms in total. The zero-order valence-corrected chi connectivity index (χ0v) is 12.7. The lowest BCUT2D eigenvalue weighted by Gasteiger charge is -2.21. The van der Waals surface area contributed by atoms with Gasteiger partial charge in [-0.05, 0) is 32.9 Å². The first-order chi connectivity index (χ1) is 10.2. The van der Waals surface area contributed by atoms with Gasteiger partial charge in [0.25, 0.3) is 0 Å². The molecule has 2 unspecified atom stereocenters. The van der Waals surface area contributed by atoms with Crippen molar-refractivity contribution in [1.29, 1.82) is 0 Å². The molecule has 0 aliphatic carbocycles. The molecule has 1 aromatic heterocycles. The third-order valence-corrected chi connectivity index (χ3v) is 3.52. The summed E-state index contributed by atoms with van der Waals surface area (Å²) < 4.78 is 39.1. The maximum atomic E-state index is 12.4. The maximum Gasteiger partial charge on any atom is 0.415 e. The van der Waals surface area contributed by atoms with Gasteiger partial charge in [-0.3, -0.25) is 0 Å². The third-order valence-electron chi connectivity index (χ3n) is 3.52. The van der Waals surface area contributed by atoms with E-state index in [9.17, 15) is 13.2 Å². The van der Waals surface area contributed by atoms with Crippen molar-refractivity contribution < 1.29 is 18.3 Å². The Hall–Kier alpha value is -1.60. The molecule has 22 heavy (non-hydrogen) atoms. The van der Waals surface area contributed by atoms with Crippen LogP contribution < -0.4 is 5.32 Å². The molecule has 0 amide bonds. The van der Waals surface area contributed by atoms with Gasteiger partial charge in [-0.1, -0.05) is 12.1 Å². The van der Waals surface area contributed by atoms with E-state index in [1.165, 1.54) is 0 Å². The Morgan fingerprint density at radius 1 is 1.23 bits per heavy atom. The van der Waals surface area contributed by atoms with E-state index in [2.05, 4.69) is 10.3 Å². The number of nitrogens with one attached hydrogen (secondary N) is 1. The Morgan fingerprint density at radius 2 is 1.86 bits per heavy atom. The summed E-state index contributed by atoms with van der Waals surface area (Å²) in [6.45, 7) is 5.17. The van der Waals surface area contributed by atoms with Gasteiger partial charge < -0.3 is 15.0 Å². The number of rotatable bonds is 5. The first-order valence-electron chi connectivity index (χ1n) is 7.16. The normalized spacial score (nSPS) is 15.5. The second kappa shape index (κ2) is 6.26. The number of nitrogens with zero attached hydrogens (tertiary/aromatic N) is 2. The summed E-state index contributed by atoms with van der Waals surface area (Å²) in [5.74, 6) is 0.658. The van der Waals surface area contributed by atoms with Crippen molar-refractivity contribution in [2.24, 2.45) is 0 Å². The summed E-state index contributed by atoms with van der Waals surface area (Å²) in [7, 11) is 0. The first kappa shape index (κ1) is 16.8. The Balaban J connectivity index is 2.24. The van der Waals surface area contributed by atoms with Crippen LogP contribution in [-0.4, -0.2) is 33.5 Å². The number of benzene rings is 1. The molecule has 2 rings (SSSR count). The number of aliphatic hydroxyl groups is 1. The number of hydrogen-bond donors (Lipinski definition) is 2. The lowest BCUT2D eigenvalue weighted by atomic mass is 10.2. The molecule has 2 aromatic rings. The summed E-state index contributed by atoms with van der Waals surface area (Å²) in [4.78, 5) is 4.51. The molecule has 122 valence electrons. The van der Waals surface area contributed by atoms with Crippen LogP contribution in [-0.2, 0) is 0 Å². The summed E-state index contributed by atoms with van der Waals surface area (Å²) >= 11 is 0. The van der Waals surface area contributed by atoms with Gasteiger partial charge in [-0.25, -0.2) is 4.98 Å². The predicted octanol–water partition coefficient (Wildman–Crippen LogP) is 3.19. The van der Waals surface area contributed by atoms with Crippen LogP contribution in [0.15, 0.2) is 24.3 Å². The molecule has 0 aliphatic heterocycles. The van der Waals surface area contributed by atoms with Crippen LogP contribution in [0.1, 0.15) is 38.7 Å². The molecule has 0 saturated carbocycles. The Bertz CT molecular complexity index is 636. The minimum absolute atomic E-state index is 0.124. The van der Waals surface area contributed by atoms with Gasteiger partial charge in [0, 0.05) is 12.6 Å². The molecule has 2 atom stereocenters. The van der Waals surface area contributed by atoms with E-state index in [0.29, 0.717) is 5.82 Å². The van der Waals surface area contributed by atoms with Gasteiger partial charge in [0.15, 0.2) is 6.10 Å². The summed E-state index contributed by atoms with van der Waals surface area (Å²) in [5.41, 5.74) is 1.74. The average Bonchev–Trinajstić information content (AvgIpc) is 2.82. The lowest BCUT2D eigenvalue weighted by Crippen LogP contribution is -2.39. The topological polar surface area (TPSA) is 50.1 Å². The van der Waals surface area contributed by atoms with Crippen molar-refractivity contribution in [3.05, 3.63) is 30.1 Å². The highest BCUT2D eigenvalue weighted by Crippen LogP contribution is 2.25. The van der Waals surface area contributed by atoms with E-state index in [0.717, 1.165) is 11.0 Å². The van der Waals surface area contributed by atoms with E-state index in [4.69, 9.17) is 5.11 Å². The molecule has 2 N–H and O–H groups in total. The van der Waals surface area contributed by atoms with Crippen molar-refractivity contribution in [1.82, 2.24) is 14.9 Å². The Labute approximate surface area is 127 Å². The number of fused-ring (bicyclic) bond motifs is 1. The molecule has 0 fully saturated rings. The lowest BCUT2D eigenvalue weighted by molar-refractivity contribution is -0.202. The highest BCUT2D eigenvalue weighted by molar-refractivity contribution is 5.76. The fraction of sp³-hybridized carbons (Fsp3) is 0.533. The molecule has 0 saturated heterocycles. The van der Waals surface area contributed by atoms with Crippen LogP contribution in [0.25, 0.3) is 11.0 Å². The van der Waals surface area contributed by atoms with Crippen molar-refractivity contribution in [3.63, 3.8) is 0 Å². The molecular formula is C15H20F3N3O. The monoisotopic (exact) mass is 315 g/mol. The standard InChI is InChI=1S/C15H20F3N3O/c1-9(2)21-12-7-5-4-6-11(12)20-14(21)10(3)19-8-13(22)15(16,17)18/h4-7,9-10,13,19,22H,8H2,1-3H3. The van der Waals surface area contributed by atoms with Crippen LogP contribution in [0.3, 0.4) is 0 Å². The third kappa shape index (κ3) is 3.41. The van der Waals surface area contributed by atoms with Crippen molar-refractivity contribution in [2.75, 3.05) is 6.54 Å². The number of para-hydroxylation sites is 2. The quantitative estimate of drug-likeness (QED) is 0.891. The van der Waals surface area contributed by atoms with Crippen molar-refractivity contribution >= 4 is 11.0 Å². The minimum atomic E-state index is -4.62. The molecular weight excluding hydrogens is 295 g/mol. The summed E-state index contributed by atoms with van der Waals surface area (Å²) in [6, 6.07) is 7.29. The summed E-state index contributed by atoms with van der Waals surface area (Å²) in [6.07, 6.45) is -7.00. The molecule has 0 aliphatic rings. The SMILES string of the molecule is CC(NCC(O)C(F)(F)F)c1nc2ccccc2n1C(C)C. The van der Waals surface area contributed by atoms with Gasteiger partial charge in [0.2, 0.25) is 0 Å². The van der Waals surface area contributed by atoms with E-state index < -0.39 is 24.9 Å². The van der Waals surface area contributed by atoms with Gasteiger partial charge in [-0.15, -0.1) is 0 Å². The smallest absolute Gasteiger partial charge is 0.382 e. The van der Waals surface area contributed by atoms with E-state index in [1.54, 1.807) is 6.92 Å². The Kier molecular flexibility index (Phi) is 4.77.